The number of Topliss-reactive ketones (excluding diaryl/α,β-unsaturated/α-hetero) is 1. The van der Waals surface area contributed by atoms with Crippen LogP contribution in [-0.4, -0.2) is 11.7 Å². The van der Waals surface area contributed by atoms with E-state index in [1.165, 1.54) is 6.92 Å². The molecule has 0 aromatic heterocycles. The van der Waals surface area contributed by atoms with Gasteiger partial charge >= 0.3 is 0 Å². The van der Waals surface area contributed by atoms with Crippen molar-refractivity contribution >= 4 is 17.4 Å². The number of rotatable bonds is 3. The largest absolute Gasteiger partial charge is 0.322 e. The molecule has 0 radical (unpaired) electrons. The first-order chi connectivity index (χ1) is 9.47. The zero-order chi connectivity index (χ0) is 14.7. The highest BCUT2D eigenvalue weighted by Crippen LogP contribution is 2.18. The molecule has 0 heterocycles. The van der Waals surface area contributed by atoms with Crippen LogP contribution in [-0.2, 0) is 0 Å². The van der Waals surface area contributed by atoms with E-state index in [9.17, 15) is 9.59 Å². The molecule has 0 saturated carbocycles. The van der Waals surface area contributed by atoms with Crippen molar-refractivity contribution in [2.24, 2.45) is 0 Å². The van der Waals surface area contributed by atoms with Crippen molar-refractivity contribution in [3.05, 3.63) is 64.7 Å². The second kappa shape index (κ2) is 5.70. The zero-order valence-corrected chi connectivity index (χ0v) is 11.9. The second-order valence-corrected chi connectivity index (χ2v) is 4.91. The summed E-state index contributed by atoms with van der Waals surface area (Å²) in [5.41, 5.74) is 3.90. The van der Waals surface area contributed by atoms with Gasteiger partial charge in [-0.15, -0.1) is 0 Å². The fourth-order valence-corrected chi connectivity index (χ4v) is 1.88. The van der Waals surface area contributed by atoms with Crippen LogP contribution >= 0.6 is 0 Å². The van der Waals surface area contributed by atoms with Crippen molar-refractivity contribution in [3.8, 4) is 0 Å². The Bertz CT molecular complexity index is 657. The number of hydrogen-bond acceptors (Lipinski definition) is 2. The van der Waals surface area contributed by atoms with Gasteiger partial charge in [0.25, 0.3) is 5.91 Å². The van der Waals surface area contributed by atoms with Crippen molar-refractivity contribution in [2.45, 2.75) is 20.8 Å². The number of carbonyl (C=O) groups is 2. The molecular weight excluding hydrogens is 250 g/mol. The number of ketones is 1. The van der Waals surface area contributed by atoms with E-state index in [-0.39, 0.29) is 11.7 Å². The standard InChI is InChI=1S/C17H17NO2/c1-11-4-7-14(8-5-11)17(20)18-16-10-15(13(3)19)9-6-12(16)2/h4-10H,1-3H3,(H,18,20). The molecule has 0 fully saturated rings. The average Bonchev–Trinajstić information content (AvgIpc) is 2.41. The van der Waals surface area contributed by atoms with E-state index in [1.807, 2.05) is 32.0 Å². The minimum absolute atomic E-state index is 0.0177. The van der Waals surface area contributed by atoms with Crippen LogP contribution < -0.4 is 5.32 Å². The van der Waals surface area contributed by atoms with Gasteiger partial charge in [-0.1, -0.05) is 29.8 Å². The number of aryl methyl sites for hydroxylation is 2. The predicted octanol–water partition coefficient (Wildman–Crippen LogP) is 3.76. The van der Waals surface area contributed by atoms with Gasteiger partial charge < -0.3 is 5.32 Å². The van der Waals surface area contributed by atoms with Crippen LogP contribution in [0.2, 0.25) is 0 Å². The Hall–Kier alpha value is -2.42. The van der Waals surface area contributed by atoms with E-state index in [0.29, 0.717) is 16.8 Å². The maximum atomic E-state index is 12.2. The van der Waals surface area contributed by atoms with Gasteiger partial charge in [0.15, 0.2) is 5.78 Å². The van der Waals surface area contributed by atoms with Crippen LogP contribution in [0.15, 0.2) is 42.5 Å². The van der Waals surface area contributed by atoms with Crippen LogP contribution in [0.4, 0.5) is 5.69 Å². The maximum Gasteiger partial charge on any atom is 0.255 e. The summed E-state index contributed by atoms with van der Waals surface area (Å²) >= 11 is 0. The molecule has 0 saturated heterocycles. The Labute approximate surface area is 118 Å². The third-order valence-electron chi connectivity index (χ3n) is 3.21. The third kappa shape index (κ3) is 3.12. The Kier molecular flexibility index (Phi) is 3.99. The normalized spacial score (nSPS) is 10.2. The molecular formula is C17H17NO2. The Morgan fingerprint density at radius 3 is 2.10 bits per heavy atom. The average molecular weight is 267 g/mol. The molecule has 2 aromatic carbocycles. The number of nitrogens with one attached hydrogen (secondary N) is 1. The zero-order valence-electron chi connectivity index (χ0n) is 11.9. The fourth-order valence-electron chi connectivity index (χ4n) is 1.88. The number of amides is 1. The summed E-state index contributed by atoms with van der Waals surface area (Å²) in [6, 6.07) is 12.7. The first-order valence-corrected chi connectivity index (χ1v) is 6.47. The molecule has 0 spiro atoms. The molecule has 2 rings (SSSR count). The first-order valence-electron chi connectivity index (χ1n) is 6.47. The molecule has 3 nitrogen and oxygen atoms in total. The highest BCUT2D eigenvalue weighted by Gasteiger charge is 2.09. The minimum Gasteiger partial charge on any atom is -0.322 e. The lowest BCUT2D eigenvalue weighted by Crippen LogP contribution is -2.13. The van der Waals surface area contributed by atoms with Crippen LogP contribution in [0, 0.1) is 13.8 Å². The summed E-state index contributed by atoms with van der Waals surface area (Å²) in [4.78, 5) is 23.6. The molecule has 0 aliphatic heterocycles. The smallest absolute Gasteiger partial charge is 0.255 e. The van der Waals surface area contributed by atoms with Gasteiger partial charge in [-0.2, -0.15) is 0 Å². The minimum atomic E-state index is -0.172. The molecule has 0 atom stereocenters. The molecule has 3 heteroatoms. The van der Waals surface area contributed by atoms with Gasteiger partial charge in [0, 0.05) is 16.8 Å². The van der Waals surface area contributed by atoms with E-state index in [1.54, 1.807) is 24.3 Å². The van der Waals surface area contributed by atoms with Crippen molar-refractivity contribution < 1.29 is 9.59 Å². The topological polar surface area (TPSA) is 46.2 Å². The third-order valence-corrected chi connectivity index (χ3v) is 3.21. The molecule has 0 bridgehead atoms. The summed E-state index contributed by atoms with van der Waals surface area (Å²) in [6.07, 6.45) is 0. The number of hydrogen-bond donors (Lipinski definition) is 1. The van der Waals surface area contributed by atoms with E-state index in [4.69, 9.17) is 0 Å². The van der Waals surface area contributed by atoms with Crippen molar-refractivity contribution in [2.75, 3.05) is 5.32 Å². The fraction of sp³-hybridized carbons (Fsp3) is 0.176. The highest BCUT2D eigenvalue weighted by atomic mass is 16.1. The summed E-state index contributed by atoms with van der Waals surface area (Å²) in [5, 5.41) is 2.85. The Balaban J connectivity index is 2.25. The van der Waals surface area contributed by atoms with Crippen LogP contribution in [0.5, 0.6) is 0 Å². The quantitative estimate of drug-likeness (QED) is 0.861. The number of benzene rings is 2. The van der Waals surface area contributed by atoms with Gasteiger partial charge in [0.1, 0.15) is 0 Å². The van der Waals surface area contributed by atoms with Crippen molar-refractivity contribution in [1.29, 1.82) is 0 Å². The summed E-state index contributed by atoms with van der Waals surface area (Å²) in [5.74, 6) is -0.190. The SMILES string of the molecule is CC(=O)c1ccc(C)c(NC(=O)c2ccc(C)cc2)c1. The van der Waals surface area contributed by atoms with Crippen molar-refractivity contribution in [3.63, 3.8) is 0 Å². The van der Waals surface area contributed by atoms with Gasteiger partial charge in [0.05, 0.1) is 0 Å². The second-order valence-electron chi connectivity index (χ2n) is 4.91. The first kappa shape index (κ1) is 14.0. The Morgan fingerprint density at radius 1 is 0.900 bits per heavy atom. The lowest BCUT2D eigenvalue weighted by atomic mass is 10.1. The van der Waals surface area contributed by atoms with Crippen LogP contribution in [0.25, 0.3) is 0 Å². The van der Waals surface area contributed by atoms with Gasteiger partial charge in [-0.05, 0) is 44.5 Å². The van der Waals surface area contributed by atoms with E-state index in [2.05, 4.69) is 5.32 Å². The number of anilines is 1. The monoisotopic (exact) mass is 267 g/mol. The van der Waals surface area contributed by atoms with Crippen LogP contribution in [0.3, 0.4) is 0 Å². The summed E-state index contributed by atoms with van der Waals surface area (Å²) < 4.78 is 0. The van der Waals surface area contributed by atoms with Crippen LogP contribution in [0.1, 0.15) is 38.8 Å². The van der Waals surface area contributed by atoms with Crippen molar-refractivity contribution in [1.82, 2.24) is 0 Å². The predicted molar refractivity (Wildman–Crippen MR) is 80.3 cm³/mol. The lowest BCUT2D eigenvalue weighted by Gasteiger charge is -2.10. The molecule has 1 N–H and O–H groups in total. The molecule has 20 heavy (non-hydrogen) atoms. The summed E-state index contributed by atoms with van der Waals surface area (Å²) in [6.45, 7) is 5.38. The van der Waals surface area contributed by atoms with E-state index in [0.717, 1.165) is 11.1 Å². The van der Waals surface area contributed by atoms with Gasteiger partial charge in [-0.25, -0.2) is 0 Å². The van der Waals surface area contributed by atoms with E-state index < -0.39 is 0 Å². The molecule has 0 aliphatic rings. The number of carbonyl (C=O) groups excluding carboxylic acids is 2. The lowest BCUT2D eigenvalue weighted by molar-refractivity contribution is 0.101. The highest BCUT2D eigenvalue weighted by molar-refractivity contribution is 6.05. The molecule has 0 aliphatic carbocycles. The molecule has 2 aromatic rings. The molecule has 102 valence electrons. The van der Waals surface area contributed by atoms with E-state index >= 15 is 0 Å². The molecule has 0 unspecified atom stereocenters. The molecule has 1 amide bonds. The Morgan fingerprint density at radius 2 is 1.50 bits per heavy atom. The summed E-state index contributed by atoms with van der Waals surface area (Å²) in [7, 11) is 0. The van der Waals surface area contributed by atoms with Gasteiger partial charge in [0.2, 0.25) is 0 Å². The maximum absolute atomic E-state index is 12.2. The van der Waals surface area contributed by atoms with Gasteiger partial charge in [-0.3, -0.25) is 9.59 Å².